The average Bonchev–Trinajstić information content (AvgIpc) is 2.50. The molecule has 0 radical (unpaired) electrons. The molecular formula is C13H9ClN4O5. The van der Waals surface area contributed by atoms with Crippen LogP contribution in [0.15, 0.2) is 41.5 Å². The van der Waals surface area contributed by atoms with Gasteiger partial charge < -0.3 is 5.11 Å². The van der Waals surface area contributed by atoms with E-state index in [0.717, 1.165) is 12.3 Å². The van der Waals surface area contributed by atoms with Crippen LogP contribution in [-0.4, -0.2) is 21.2 Å². The fourth-order valence-electron chi connectivity index (χ4n) is 1.74. The Bertz CT molecular complexity index is 809. The lowest BCUT2D eigenvalue weighted by Crippen LogP contribution is -1.97. The van der Waals surface area contributed by atoms with E-state index < -0.39 is 21.3 Å². The van der Waals surface area contributed by atoms with Crippen molar-refractivity contribution in [3.63, 3.8) is 0 Å². The van der Waals surface area contributed by atoms with E-state index in [1.807, 2.05) is 0 Å². The number of para-hydroxylation sites is 2. The number of nitrogens with one attached hydrogen (secondary N) is 1. The number of nitrogens with zero attached hydrogens (tertiary/aromatic N) is 3. The van der Waals surface area contributed by atoms with Gasteiger partial charge in [-0.25, -0.2) is 0 Å². The molecule has 2 rings (SSSR count). The summed E-state index contributed by atoms with van der Waals surface area (Å²) in [4.78, 5) is 20.3. The normalized spacial score (nSPS) is 10.7. The summed E-state index contributed by atoms with van der Waals surface area (Å²) in [7, 11) is 0. The summed E-state index contributed by atoms with van der Waals surface area (Å²) in [6.45, 7) is 0. The zero-order chi connectivity index (χ0) is 17.0. The van der Waals surface area contributed by atoms with Crippen LogP contribution in [0.25, 0.3) is 0 Å². The number of hydrazone groups is 1. The van der Waals surface area contributed by atoms with Crippen LogP contribution in [0.2, 0.25) is 5.02 Å². The molecule has 0 fully saturated rings. The number of phenols is 1. The highest BCUT2D eigenvalue weighted by Crippen LogP contribution is 2.32. The maximum absolute atomic E-state index is 10.9. The van der Waals surface area contributed by atoms with E-state index in [-0.39, 0.29) is 22.0 Å². The molecule has 0 bridgehead atoms. The quantitative estimate of drug-likeness (QED) is 0.489. The molecule has 0 heterocycles. The van der Waals surface area contributed by atoms with Gasteiger partial charge in [-0.1, -0.05) is 23.7 Å². The van der Waals surface area contributed by atoms with Crippen molar-refractivity contribution in [2.45, 2.75) is 0 Å². The summed E-state index contributed by atoms with van der Waals surface area (Å²) in [6.07, 6.45) is 1.07. The van der Waals surface area contributed by atoms with E-state index in [1.54, 1.807) is 6.07 Å². The van der Waals surface area contributed by atoms with Gasteiger partial charge in [0.25, 0.3) is 5.69 Å². The number of anilines is 1. The van der Waals surface area contributed by atoms with Crippen molar-refractivity contribution in [2.24, 2.45) is 5.10 Å². The van der Waals surface area contributed by atoms with Gasteiger partial charge in [0.05, 0.1) is 16.1 Å². The summed E-state index contributed by atoms with van der Waals surface area (Å²) >= 11 is 5.74. The van der Waals surface area contributed by atoms with Crippen molar-refractivity contribution in [2.75, 3.05) is 5.43 Å². The molecule has 0 aliphatic rings. The van der Waals surface area contributed by atoms with Crippen LogP contribution in [0.3, 0.4) is 0 Å². The van der Waals surface area contributed by atoms with E-state index in [0.29, 0.717) is 0 Å². The third-order valence-electron chi connectivity index (χ3n) is 2.77. The number of nitro groups is 2. The monoisotopic (exact) mass is 336 g/mol. The lowest BCUT2D eigenvalue weighted by atomic mass is 10.2. The minimum atomic E-state index is -0.784. The Balaban J connectivity index is 2.29. The van der Waals surface area contributed by atoms with Gasteiger partial charge in [-0.15, -0.1) is 0 Å². The molecule has 2 N–H and O–H groups in total. The Morgan fingerprint density at radius 3 is 2.43 bits per heavy atom. The topological polar surface area (TPSA) is 131 Å². The zero-order valence-corrected chi connectivity index (χ0v) is 12.1. The Labute approximate surface area is 134 Å². The van der Waals surface area contributed by atoms with E-state index >= 15 is 0 Å². The molecule has 118 valence electrons. The molecule has 10 heteroatoms. The molecule has 0 saturated carbocycles. The third kappa shape index (κ3) is 3.71. The highest BCUT2D eigenvalue weighted by atomic mass is 35.5. The highest BCUT2D eigenvalue weighted by molar-refractivity contribution is 6.31. The second kappa shape index (κ2) is 6.71. The third-order valence-corrected chi connectivity index (χ3v) is 2.99. The summed E-state index contributed by atoms with van der Waals surface area (Å²) in [5, 5.41) is 35.2. The fraction of sp³-hybridized carbons (Fsp3) is 0. The Hall–Kier alpha value is -3.20. The zero-order valence-electron chi connectivity index (χ0n) is 11.3. The molecule has 2 aromatic carbocycles. The molecule has 0 saturated heterocycles. The highest BCUT2D eigenvalue weighted by Gasteiger charge is 2.18. The standard InChI is InChI=1S/C13H9ClN4O5/c14-9-5-8(13(19)12(6-9)18(22)23)7-15-16-10-3-1-2-4-11(10)17(20)21/h1-7,16,19H/b15-7+. The largest absolute Gasteiger partial charge is 0.502 e. The van der Waals surface area contributed by atoms with Crippen molar-refractivity contribution in [1.82, 2.24) is 0 Å². The molecule has 0 aromatic heterocycles. The smallest absolute Gasteiger partial charge is 0.312 e. The van der Waals surface area contributed by atoms with Crippen molar-refractivity contribution < 1.29 is 15.0 Å². The lowest BCUT2D eigenvalue weighted by Gasteiger charge is -2.03. The van der Waals surface area contributed by atoms with E-state index in [1.165, 1.54) is 24.3 Å². The number of phenolic OH excluding ortho intramolecular Hbond substituents is 1. The minimum Gasteiger partial charge on any atom is -0.502 e. The van der Waals surface area contributed by atoms with E-state index in [2.05, 4.69) is 10.5 Å². The van der Waals surface area contributed by atoms with Crippen LogP contribution < -0.4 is 5.43 Å². The molecule has 0 unspecified atom stereocenters. The van der Waals surface area contributed by atoms with E-state index in [9.17, 15) is 25.3 Å². The Morgan fingerprint density at radius 1 is 1.13 bits per heavy atom. The number of halogens is 1. The number of rotatable bonds is 5. The Kier molecular flexibility index (Phi) is 4.72. The second-order valence-electron chi connectivity index (χ2n) is 4.26. The molecule has 0 atom stereocenters. The van der Waals surface area contributed by atoms with Gasteiger partial charge in [0, 0.05) is 22.7 Å². The van der Waals surface area contributed by atoms with Gasteiger partial charge in [0.2, 0.25) is 5.75 Å². The lowest BCUT2D eigenvalue weighted by molar-refractivity contribution is -0.385. The van der Waals surface area contributed by atoms with Gasteiger partial charge in [0.15, 0.2) is 0 Å². The summed E-state index contributed by atoms with van der Waals surface area (Å²) < 4.78 is 0. The molecule has 23 heavy (non-hydrogen) atoms. The Morgan fingerprint density at radius 2 is 1.78 bits per heavy atom. The molecule has 2 aromatic rings. The number of aromatic hydroxyl groups is 1. The predicted octanol–water partition coefficient (Wildman–Crippen LogP) is 3.31. The van der Waals surface area contributed by atoms with Crippen molar-refractivity contribution >= 4 is 34.9 Å². The van der Waals surface area contributed by atoms with Crippen LogP contribution >= 0.6 is 11.6 Å². The maximum atomic E-state index is 10.9. The van der Waals surface area contributed by atoms with Gasteiger partial charge in [-0.2, -0.15) is 5.10 Å². The first-order valence-corrected chi connectivity index (χ1v) is 6.47. The van der Waals surface area contributed by atoms with Crippen LogP contribution in [0.5, 0.6) is 5.75 Å². The molecule has 0 aliphatic heterocycles. The van der Waals surface area contributed by atoms with Crippen LogP contribution in [0, 0.1) is 20.2 Å². The summed E-state index contributed by atoms with van der Waals surface area (Å²) in [6, 6.07) is 8.08. The minimum absolute atomic E-state index is 0.00437. The number of benzene rings is 2. The van der Waals surface area contributed by atoms with Crippen molar-refractivity contribution in [3.8, 4) is 5.75 Å². The number of hydrogen-bond donors (Lipinski definition) is 2. The number of hydrogen-bond acceptors (Lipinski definition) is 7. The van der Waals surface area contributed by atoms with Gasteiger partial charge >= 0.3 is 5.69 Å². The SMILES string of the molecule is O=[N+]([O-])c1ccccc1N/N=C/c1cc(Cl)cc([N+](=O)[O-])c1O. The molecule has 9 nitrogen and oxygen atoms in total. The van der Waals surface area contributed by atoms with Crippen LogP contribution in [0.1, 0.15) is 5.56 Å². The fourth-order valence-corrected chi connectivity index (χ4v) is 1.96. The number of nitro benzene ring substituents is 2. The van der Waals surface area contributed by atoms with Gasteiger partial charge in [-0.3, -0.25) is 25.7 Å². The predicted molar refractivity (Wildman–Crippen MR) is 84.1 cm³/mol. The first-order chi connectivity index (χ1) is 10.9. The van der Waals surface area contributed by atoms with Crippen molar-refractivity contribution in [1.29, 1.82) is 0 Å². The first kappa shape index (κ1) is 16.2. The molecule has 0 aliphatic carbocycles. The molecule has 0 spiro atoms. The first-order valence-electron chi connectivity index (χ1n) is 6.09. The van der Waals surface area contributed by atoms with E-state index in [4.69, 9.17) is 11.6 Å². The van der Waals surface area contributed by atoms with Crippen LogP contribution in [0.4, 0.5) is 17.1 Å². The molecule has 0 amide bonds. The van der Waals surface area contributed by atoms with Crippen LogP contribution in [-0.2, 0) is 0 Å². The van der Waals surface area contributed by atoms with Gasteiger partial charge in [0.1, 0.15) is 5.69 Å². The maximum Gasteiger partial charge on any atom is 0.312 e. The van der Waals surface area contributed by atoms with Crippen molar-refractivity contribution in [3.05, 3.63) is 67.2 Å². The van der Waals surface area contributed by atoms with Gasteiger partial charge in [-0.05, 0) is 12.1 Å². The molecular weight excluding hydrogens is 328 g/mol. The summed E-state index contributed by atoms with van der Waals surface area (Å²) in [5.74, 6) is -0.604. The average molecular weight is 337 g/mol. The summed E-state index contributed by atoms with van der Waals surface area (Å²) in [5.41, 5.74) is 1.81. The second-order valence-corrected chi connectivity index (χ2v) is 4.70.